The van der Waals surface area contributed by atoms with Crippen LogP contribution in [0.4, 0.5) is 4.79 Å². The monoisotopic (exact) mass is 211 g/mol. The molecule has 0 unspecified atom stereocenters. The van der Waals surface area contributed by atoms with Crippen LogP contribution < -0.4 is 5.32 Å². The largest absolute Gasteiger partial charge is 0.339 e. The van der Waals surface area contributed by atoms with Crippen molar-refractivity contribution >= 4 is 17.0 Å². The van der Waals surface area contributed by atoms with E-state index in [9.17, 15) is 4.79 Å². The highest BCUT2D eigenvalue weighted by molar-refractivity contribution is 6.62. The number of aryl methyl sites for hydroxylation is 3. The SMILES string of the molecule is Cc1cc(C)c(CNC(=O)Cl)cc1C. The average molecular weight is 212 g/mol. The Balaban J connectivity index is 2.87. The fraction of sp³-hybridized carbons (Fsp3) is 0.364. The van der Waals surface area contributed by atoms with E-state index in [2.05, 4.69) is 31.3 Å². The summed E-state index contributed by atoms with van der Waals surface area (Å²) in [4.78, 5) is 10.5. The molecule has 0 fully saturated rings. The standard InChI is InChI=1S/C11H14ClNO/c1-7-4-9(3)10(5-8(7)2)6-13-11(12)14/h4-5H,6H2,1-3H3,(H,13,14). The third-order valence-corrected chi connectivity index (χ3v) is 2.50. The fourth-order valence-electron chi connectivity index (χ4n) is 1.38. The van der Waals surface area contributed by atoms with Gasteiger partial charge in [0.25, 0.3) is 0 Å². The van der Waals surface area contributed by atoms with Crippen LogP contribution in [0, 0.1) is 20.8 Å². The van der Waals surface area contributed by atoms with Gasteiger partial charge < -0.3 is 5.32 Å². The molecule has 1 rings (SSSR count). The van der Waals surface area contributed by atoms with Crippen LogP contribution in [0.2, 0.25) is 0 Å². The van der Waals surface area contributed by atoms with E-state index < -0.39 is 5.37 Å². The van der Waals surface area contributed by atoms with Crippen LogP contribution >= 0.6 is 11.6 Å². The van der Waals surface area contributed by atoms with Gasteiger partial charge in [-0.15, -0.1) is 0 Å². The second-order valence-corrected chi connectivity index (χ2v) is 3.83. The number of nitrogens with one attached hydrogen (secondary N) is 1. The lowest BCUT2D eigenvalue weighted by Gasteiger charge is -2.09. The first-order valence-corrected chi connectivity index (χ1v) is 4.88. The van der Waals surface area contributed by atoms with Crippen molar-refractivity contribution in [2.24, 2.45) is 0 Å². The molecule has 76 valence electrons. The third kappa shape index (κ3) is 2.74. The molecule has 0 bridgehead atoms. The lowest BCUT2D eigenvalue weighted by atomic mass is 10.0. The van der Waals surface area contributed by atoms with Crippen molar-refractivity contribution < 1.29 is 4.79 Å². The number of halogens is 1. The van der Waals surface area contributed by atoms with Crippen molar-refractivity contribution in [3.05, 3.63) is 34.4 Å². The Hall–Kier alpha value is -1.02. The normalized spacial score (nSPS) is 10.0. The third-order valence-electron chi connectivity index (χ3n) is 2.37. The Labute approximate surface area is 89.3 Å². The zero-order valence-corrected chi connectivity index (χ0v) is 9.40. The Morgan fingerprint density at radius 3 is 2.36 bits per heavy atom. The summed E-state index contributed by atoms with van der Waals surface area (Å²) in [6.07, 6.45) is 0. The Morgan fingerprint density at radius 1 is 1.21 bits per heavy atom. The van der Waals surface area contributed by atoms with Crippen LogP contribution in [0.3, 0.4) is 0 Å². The first kappa shape index (κ1) is 11.1. The summed E-state index contributed by atoms with van der Waals surface area (Å²) in [5, 5.41) is 2.06. The summed E-state index contributed by atoms with van der Waals surface area (Å²) >= 11 is 5.20. The molecule has 0 saturated heterocycles. The van der Waals surface area contributed by atoms with E-state index in [1.54, 1.807) is 0 Å². The van der Waals surface area contributed by atoms with Gasteiger partial charge in [0.1, 0.15) is 0 Å². The van der Waals surface area contributed by atoms with Crippen molar-refractivity contribution in [3.8, 4) is 0 Å². The van der Waals surface area contributed by atoms with Crippen molar-refractivity contribution in [1.29, 1.82) is 0 Å². The van der Waals surface area contributed by atoms with E-state index >= 15 is 0 Å². The molecule has 0 heterocycles. The number of hydrogen-bond donors (Lipinski definition) is 1. The molecule has 0 saturated carbocycles. The van der Waals surface area contributed by atoms with E-state index in [-0.39, 0.29) is 0 Å². The number of carbonyl (C=O) groups excluding carboxylic acids is 1. The van der Waals surface area contributed by atoms with Gasteiger partial charge in [0, 0.05) is 6.54 Å². The Bertz CT molecular complexity index is 361. The molecule has 1 amide bonds. The molecule has 0 aliphatic heterocycles. The van der Waals surface area contributed by atoms with Crippen LogP contribution in [0.5, 0.6) is 0 Å². The van der Waals surface area contributed by atoms with E-state index in [4.69, 9.17) is 11.6 Å². The predicted molar refractivity (Wildman–Crippen MR) is 58.7 cm³/mol. The highest BCUT2D eigenvalue weighted by Crippen LogP contribution is 2.15. The fourth-order valence-corrected chi connectivity index (χ4v) is 1.44. The summed E-state index contributed by atoms with van der Waals surface area (Å²) in [6.45, 7) is 6.66. The number of amides is 1. The van der Waals surface area contributed by atoms with Gasteiger partial charge in [0.05, 0.1) is 0 Å². The first-order chi connectivity index (χ1) is 6.50. The average Bonchev–Trinajstić information content (AvgIpc) is 2.09. The first-order valence-electron chi connectivity index (χ1n) is 4.50. The summed E-state index contributed by atoms with van der Waals surface area (Å²) in [6, 6.07) is 4.20. The molecule has 0 aliphatic carbocycles. The molecule has 0 aliphatic rings. The summed E-state index contributed by atoms with van der Waals surface area (Å²) in [5.41, 5.74) is 4.79. The Kier molecular flexibility index (Phi) is 3.53. The van der Waals surface area contributed by atoms with Gasteiger partial charge in [0.2, 0.25) is 0 Å². The molecule has 1 aromatic carbocycles. The molecule has 0 atom stereocenters. The van der Waals surface area contributed by atoms with Crippen LogP contribution in [0.1, 0.15) is 22.3 Å². The van der Waals surface area contributed by atoms with Crippen molar-refractivity contribution in [2.45, 2.75) is 27.3 Å². The van der Waals surface area contributed by atoms with Gasteiger partial charge in [-0.2, -0.15) is 0 Å². The summed E-state index contributed by atoms with van der Waals surface area (Å²) in [7, 11) is 0. The minimum atomic E-state index is -0.511. The van der Waals surface area contributed by atoms with Gasteiger partial charge in [0.15, 0.2) is 0 Å². The van der Waals surface area contributed by atoms with Gasteiger partial charge in [-0.3, -0.25) is 4.79 Å². The number of hydrogen-bond acceptors (Lipinski definition) is 1. The van der Waals surface area contributed by atoms with Crippen LogP contribution in [0.15, 0.2) is 12.1 Å². The van der Waals surface area contributed by atoms with Crippen molar-refractivity contribution in [1.82, 2.24) is 5.32 Å². The van der Waals surface area contributed by atoms with Crippen LogP contribution in [-0.4, -0.2) is 5.37 Å². The van der Waals surface area contributed by atoms with Crippen LogP contribution in [0.25, 0.3) is 0 Å². The second kappa shape index (κ2) is 4.47. The smallest absolute Gasteiger partial charge is 0.314 e. The van der Waals surface area contributed by atoms with E-state index in [0.717, 1.165) is 5.56 Å². The minimum absolute atomic E-state index is 0.495. The van der Waals surface area contributed by atoms with Gasteiger partial charge in [-0.05, 0) is 54.6 Å². The predicted octanol–water partition coefficient (Wildman–Crippen LogP) is 3.06. The van der Waals surface area contributed by atoms with E-state index in [0.29, 0.717) is 6.54 Å². The van der Waals surface area contributed by atoms with Gasteiger partial charge in [-0.1, -0.05) is 12.1 Å². The molecular weight excluding hydrogens is 198 g/mol. The highest BCUT2D eigenvalue weighted by atomic mass is 35.5. The second-order valence-electron chi connectivity index (χ2n) is 3.49. The molecule has 0 radical (unpaired) electrons. The molecule has 1 N–H and O–H groups in total. The van der Waals surface area contributed by atoms with Crippen molar-refractivity contribution in [2.75, 3.05) is 0 Å². The molecule has 1 aromatic rings. The van der Waals surface area contributed by atoms with Crippen LogP contribution in [-0.2, 0) is 6.54 Å². The summed E-state index contributed by atoms with van der Waals surface area (Å²) in [5.74, 6) is 0. The zero-order chi connectivity index (χ0) is 10.7. The molecular formula is C11H14ClNO. The highest BCUT2D eigenvalue weighted by Gasteiger charge is 2.02. The van der Waals surface area contributed by atoms with Gasteiger partial charge in [-0.25, -0.2) is 0 Å². The molecule has 3 heteroatoms. The molecule has 14 heavy (non-hydrogen) atoms. The van der Waals surface area contributed by atoms with E-state index in [1.807, 2.05) is 6.92 Å². The molecule has 0 spiro atoms. The maximum absolute atomic E-state index is 10.5. The minimum Gasteiger partial charge on any atom is -0.339 e. The number of rotatable bonds is 2. The van der Waals surface area contributed by atoms with Gasteiger partial charge >= 0.3 is 5.37 Å². The zero-order valence-electron chi connectivity index (χ0n) is 8.65. The maximum Gasteiger partial charge on any atom is 0.314 e. The maximum atomic E-state index is 10.5. The lowest BCUT2D eigenvalue weighted by molar-refractivity contribution is 0.259. The number of carbonyl (C=O) groups is 1. The summed E-state index contributed by atoms with van der Waals surface area (Å²) < 4.78 is 0. The molecule has 0 aromatic heterocycles. The lowest BCUT2D eigenvalue weighted by Crippen LogP contribution is -2.16. The van der Waals surface area contributed by atoms with Crippen molar-refractivity contribution in [3.63, 3.8) is 0 Å². The topological polar surface area (TPSA) is 29.1 Å². The van der Waals surface area contributed by atoms with E-state index in [1.165, 1.54) is 16.7 Å². The molecule has 2 nitrogen and oxygen atoms in total. The number of benzene rings is 1. The quantitative estimate of drug-likeness (QED) is 0.591. The Morgan fingerprint density at radius 2 is 1.79 bits per heavy atom.